The molecule has 0 aromatic carbocycles. The van der Waals surface area contributed by atoms with E-state index in [1.165, 1.54) is 0 Å². The molecule has 0 saturated carbocycles. The number of aliphatic carboxylic acids is 2. The summed E-state index contributed by atoms with van der Waals surface area (Å²) >= 11 is 0. The number of carbonyl (C=O) groups is 2. The van der Waals surface area contributed by atoms with Crippen LogP contribution in [0, 0.1) is 23.7 Å². The molecular weight excluding hydrogens is 256 g/mol. The van der Waals surface area contributed by atoms with Crippen molar-refractivity contribution < 1.29 is 19.8 Å². The highest BCUT2D eigenvalue weighted by Gasteiger charge is 2.18. The van der Waals surface area contributed by atoms with Crippen molar-refractivity contribution in [3.63, 3.8) is 0 Å². The van der Waals surface area contributed by atoms with Crippen LogP contribution < -0.4 is 0 Å². The van der Waals surface area contributed by atoms with Gasteiger partial charge in [0.05, 0.1) is 0 Å². The molecule has 4 heteroatoms. The largest absolute Gasteiger partial charge is 0.481 e. The Bertz CT molecular complexity index is 301. The van der Waals surface area contributed by atoms with Crippen molar-refractivity contribution >= 4 is 11.9 Å². The first-order chi connectivity index (χ1) is 9.22. The lowest BCUT2D eigenvalue weighted by atomic mass is 9.81. The molecule has 20 heavy (non-hydrogen) atoms. The Morgan fingerprint density at radius 2 is 1.45 bits per heavy atom. The standard InChI is InChI=1S/C16H30O4/c1-11(8-12(2)10-16(19)20)9-14(4)13(3)6-5-7-15(17)18/h11-14H,5-10H2,1-4H3,(H,17,18)(H,19,20). The zero-order chi connectivity index (χ0) is 15.7. The Labute approximate surface area is 122 Å². The van der Waals surface area contributed by atoms with E-state index in [1.54, 1.807) is 0 Å². The van der Waals surface area contributed by atoms with Gasteiger partial charge in [-0.1, -0.05) is 27.7 Å². The highest BCUT2D eigenvalue weighted by molar-refractivity contribution is 5.67. The fourth-order valence-electron chi connectivity index (χ4n) is 2.89. The quantitative estimate of drug-likeness (QED) is 0.601. The van der Waals surface area contributed by atoms with Crippen molar-refractivity contribution in [3.8, 4) is 0 Å². The van der Waals surface area contributed by atoms with Gasteiger partial charge in [0.1, 0.15) is 0 Å². The summed E-state index contributed by atoms with van der Waals surface area (Å²) in [6, 6.07) is 0. The zero-order valence-electron chi connectivity index (χ0n) is 13.3. The lowest BCUT2D eigenvalue weighted by molar-refractivity contribution is -0.138. The van der Waals surface area contributed by atoms with E-state index in [4.69, 9.17) is 10.2 Å². The Balaban J connectivity index is 3.95. The second kappa shape index (κ2) is 9.78. The zero-order valence-corrected chi connectivity index (χ0v) is 13.3. The van der Waals surface area contributed by atoms with Crippen molar-refractivity contribution in [2.24, 2.45) is 23.7 Å². The third-order valence-corrected chi connectivity index (χ3v) is 4.12. The van der Waals surface area contributed by atoms with Gasteiger partial charge in [0.25, 0.3) is 0 Å². The minimum absolute atomic E-state index is 0.219. The Kier molecular flexibility index (Phi) is 9.26. The maximum Gasteiger partial charge on any atom is 0.303 e. The summed E-state index contributed by atoms with van der Waals surface area (Å²) in [4.78, 5) is 21.1. The van der Waals surface area contributed by atoms with E-state index in [0.29, 0.717) is 17.8 Å². The second-order valence-electron chi connectivity index (χ2n) is 6.52. The third kappa shape index (κ3) is 9.82. The van der Waals surface area contributed by atoms with Crippen LogP contribution in [0.4, 0.5) is 0 Å². The fraction of sp³-hybridized carbons (Fsp3) is 0.875. The molecule has 0 aliphatic heterocycles. The maximum atomic E-state index is 10.6. The van der Waals surface area contributed by atoms with Crippen molar-refractivity contribution in [3.05, 3.63) is 0 Å². The van der Waals surface area contributed by atoms with E-state index in [-0.39, 0.29) is 18.8 Å². The average Bonchev–Trinajstić information content (AvgIpc) is 2.26. The topological polar surface area (TPSA) is 74.6 Å². The third-order valence-electron chi connectivity index (χ3n) is 4.12. The monoisotopic (exact) mass is 286 g/mol. The van der Waals surface area contributed by atoms with Gasteiger partial charge in [-0.2, -0.15) is 0 Å². The molecule has 4 unspecified atom stereocenters. The highest BCUT2D eigenvalue weighted by atomic mass is 16.4. The van der Waals surface area contributed by atoms with Crippen LogP contribution in [0.25, 0.3) is 0 Å². The number of carboxylic acids is 2. The van der Waals surface area contributed by atoms with Crippen molar-refractivity contribution in [1.82, 2.24) is 0 Å². The number of hydrogen-bond donors (Lipinski definition) is 2. The molecular formula is C16H30O4. The number of rotatable bonds is 11. The van der Waals surface area contributed by atoms with E-state index in [0.717, 1.165) is 25.7 Å². The molecule has 4 atom stereocenters. The van der Waals surface area contributed by atoms with Crippen LogP contribution in [0.3, 0.4) is 0 Å². The molecule has 2 N–H and O–H groups in total. The van der Waals surface area contributed by atoms with Crippen LogP contribution in [0.5, 0.6) is 0 Å². The molecule has 0 saturated heterocycles. The molecule has 0 heterocycles. The molecule has 0 radical (unpaired) electrons. The summed E-state index contributed by atoms with van der Waals surface area (Å²) in [6.45, 7) is 8.56. The molecule has 0 aliphatic rings. The van der Waals surface area contributed by atoms with Crippen LogP contribution in [0.1, 0.15) is 66.2 Å². The van der Waals surface area contributed by atoms with Gasteiger partial charge in [0, 0.05) is 12.8 Å². The van der Waals surface area contributed by atoms with E-state index < -0.39 is 11.9 Å². The molecule has 0 amide bonds. The van der Waals surface area contributed by atoms with Gasteiger partial charge in [-0.15, -0.1) is 0 Å². The van der Waals surface area contributed by atoms with Gasteiger partial charge in [-0.3, -0.25) is 9.59 Å². The summed E-state index contributed by atoms with van der Waals surface area (Å²) in [5.41, 5.74) is 0. The highest BCUT2D eigenvalue weighted by Crippen LogP contribution is 2.28. The molecule has 4 nitrogen and oxygen atoms in total. The fourth-order valence-corrected chi connectivity index (χ4v) is 2.89. The van der Waals surface area contributed by atoms with Gasteiger partial charge < -0.3 is 10.2 Å². The molecule has 0 bridgehead atoms. The molecule has 0 rings (SSSR count). The van der Waals surface area contributed by atoms with Gasteiger partial charge in [-0.05, 0) is 49.4 Å². The van der Waals surface area contributed by atoms with E-state index >= 15 is 0 Å². The first-order valence-electron chi connectivity index (χ1n) is 7.65. The number of hydrogen-bond acceptors (Lipinski definition) is 2. The van der Waals surface area contributed by atoms with E-state index in [1.807, 2.05) is 6.92 Å². The lowest BCUT2D eigenvalue weighted by Gasteiger charge is -2.24. The van der Waals surface area contributed by atoms with Crippen LogP contribution in [0.15, 0.2) is 0 Å². The Morgan fingerprint density at radius 3 is 1.95 bits per heavy atom. The summed E-state index contributed by atoms with van der Waals surface area (Å²) in [7, 11) is 0. The van der Waals surface area contributed by atoms with Crippen LogP contribution in [-0.4, -0.2) is 22.2 Å². The van der Waals surface area contributed by atoms with Gasteiger partial charge >= 0.3 is 11.9 Å². The van der Waals surface area contributed by atoms with E-state index in [2.05, 4.69) is 20.8 Å². The Morgan fingerprint density at radius 1 is 0.850 bits per heavy atom. The van der Waals surface area contributed by atoms with Crippen LogP contribution in [-0.2, 0) is 9.59 Å². The minimum atomic E-state index is -0.722. The summed E-state index contributed by atoms with van der Waals surface area (Å²) in [5, 5.41) is 17.4. The van der Waals surface area contributed by atoms with Crippen LogP contribution in [0.2, 0.25) is 0 Å². The number of carboxylic acid groups (broad SMARTS) is 2. The molecule has 0 fully saturated rings. The lowest BCUT2D eigenvalue weighted by Crippen LogP contribution is -2.15. The van der Waals surface area contributed by atoms with Crippen molar-refractivity contribution in [1.29, 1.82) is 0 Å². The van der Waals surface area contributed by atoms with Gasteiger partial charge in [-0.25, -0.2) is 0 Å². The van der Waals surface area contributed by atoms with Crippen LogP contribution >= 0.6 is 0 Å². The summed E-state index contributed by atoms with van der Waals surface area (Å²) < 4.78 is 0. The molecule has 0 aromatic rings. The van der Waals surface area contributed by atoms with Crippen molar-refractivity contribution in [2.45, 2.75) is 66.2 Å². The van der Waals surface area contributed by atoms with Gasteiger partial charge in [0.2, 0.25) is 0 Å². The van der Waals surface area contributed by atoms with E-state index in [9.17, 15) is 9.59 Å². The predicted octanol–water partition coefficient (Wildman–Crippen LogP) is 4.04. The molecule has 0 aliphatic carbocycles. The average molecular weight is 286 g/mol. The SMILES string of the molecule is CC(CC(=O)O)CC(C)CC(C)C(C)CCCC(=O)O. The van der Waals surface area contributed by atoms with Gasteiger partial charge in [0.15, 0.2) is 0 Å². The smallest absolute Gasteiger partial charge is 0.303 e. The summed E-state index contributed by atoms with van der Waals surface area (Å²) in [5.74, 6) is 0.362. The summed E-state index contributed by atoms with van der Waals surface area (Å²) in [6.07, 6.45) is 4.21. The minimum Gasteiger partial charge on any atom is -0.481 e. The second-order valence-corrected chi connectivity index (χ2v) is 6.52. The van der Waals surface area contributed by atoms with Crippen molar-refractivity contribution in [2.75, 3.05) is 0 Å². The molecule has 0 aromatic heterocycles. The predicted molar refractivity (Wildman–Crippen MR) is 79.6 cm³/mol. The molecule has 0 spiro atoms. The first kappa shape index (κ1) is 18.9. The maximum absolute atomic E-state index is 10.6. The first-order valence-corrected chi connectivity index (χ1v) is 7.65. The Hall–Kier alpha value is -1.06. The normalized spacial score (nSPS) is 17.2. The molecule has 118 valence electrons.